The predicted molar refractivity (Wildman–Crippen MR) is 41.5 cm³/mol. The zero-order valence-corrected chi connectivity index (χ0v) is 6.98. The van der Waals surface area contributed by atoms with Crippen molar-refractivity contribution in [1.29, 1.82) is 0 Å². The second-order valence-electron chi connectivity index (χ2n) is 2.91. The maximum atomic E-state index is 9.26. The lowest BCUT2D eigenvalue weighted by atomic mass is 9.99. The molecular formula is C6H11N3O4. The molecule has 0 radical (unpaired) electrons. The van der Waals surface area contributed by atoms with Gasteiger partial charge in [-0.25, -0.2) is 0 Å². The van der Waals surface area contributed by atoms with Crippen LogP contribution in [0.25, 0.3) is 10.4 Å². The second-order valence-corrected chi connectivity index (χ2v) is 2.91. The van der Waals surface area contributed by atoms with Crippen LogP contribution in [0.5, 0.6) is 0 Å². The van der Waals surface area contributed by atoms with E-state index in [0.29, 0.717) is 0 Å². The van der Waals surface area contributed by atoms with E-state index in [1.165, 1.54) is 6.92 Å². The van der Waals surface area contributed by atoms with Crippen molar-refractivity contribution in [3.05, 3.63) is 10.4 Å². The number of aliphatic hydroxyl groups is 3. The van der Waals surface area contributed by atoms with Crippen molar-refractivity contribution in [3.63, 3.8) is 0 Å². The smallest absolute Gasteiger partial charge is 0.165 e. The SMILES string of the molecule is C[C@H]1O[C@H](N=[N+]=[N-])[C@H](O)[C@@H](O)[C@H]1O. The monoisotopic (exact) mass is 189 g/mol. The van der Waals surface area contributed by atoms with Gasteiger partial charge in [0.05, 0.1) is 6.10 Å². The van der Waals surface area contributed by atoms with Crippen molar-refractivity contribution in [2.24, 2.45) is 5.11 Å². The molecular weight excluding hydrogens is 178 g/mol. The standard InChI is InChI=1S/C6H11N3O4/c1-2-3(10)4(11)5(12)6(13-2)8-9-7/h2-6,10-12H,1H3/t2-,3+,4+,5-,6+/m1/s1. The summed E-state index contributed by atoms with van der Waals surface area (Å²) in [7, 11) is 0. The molecule has 0 aromatic heterocycles. The average molecular weight is 189 g/mol. The summed E-state index contributed by atoms with van der Waals surface area (Å²) < 4.78 is 4.94. The molecule has 0 unspecified atom stereocenters. The molecule has 0 amide bonds. The largest absolute Gasteiger partial charge is 0.388 e. The normalized spacial score (nSPS) is 45.4. The van der Waals surface area contributed by atoms with E-state index in [9.17, 15) is 15.3 Å². The highest BCUT2D eigenvalue weighted by atomic mass is 16.5. The first-order chi connectivity index (χ1) is 6.07. The molecule has 0 bridgehead atoms. The van der Waals surface area contributed by atoms with E-state index in [-0.39, 0.29) is 0 Å². The maximum absolute atomic E-state index is 9.26. The first-order valence-corrected chi connectivity index (χ1v) is 3.81. The summed E-state index contributed by atoms with van der Waals surface area (Å²) in [6.45, 7) is 1.51. The molecule has 1 heterocycles. The molecule has 13 heavy (non-hydrogen) atoms. The van der Waals surface area contributed by atoms with Gasteiger partial charge in [0.15, 0.2) is 6.23 Å². The molecule has 1 fully saturated rings. The van der Waals surface area contributed by atoms with Crippen LogP contribution in [-0.2, 0) is 4.74 Å². The van der Waals surface area contributed by atoms with Crippen LogP contribution in [0.3, 0.4) is 0 Å². The number of aliphatic hydroxyl groups excluding tert-OH is 3. The number of nitrogens with zero attached hydrogens (tertiary/aromatic N) is 3. The predicted octanol–water partition coefficient (Wildman–Crippen LogP) is -0.876. The molecule has 0 aromatic carbocycles. The Hall–Kier alpha value is -0.850. The van der Waals surface area contributed by atoms with Crippen LogP contribution in [0.15, 0.2) is 5.11 Å². The zero-order chi connectivity index (χ0) is 10.0. The summed E-state index contributed by atoms with van der Waals surface area (Å²) in [5.74, 6) is 0. The van der Waals surface area contributed by atoms with E-state index in [0.717, 1.165) is 0 Å². The number of hydrogen-bond donors (Lipinski definition) is 3. The van der Waals surface area contributed by atoms with E-state index in [4.69, 9.17) is 10.3 Å². The maximum Gasteiger partial charge on any atom is 0.165 e. The van der Waals surface area contributed by atoms with Gasteiger partial charge in [-0.3, -0.25) is 0 Å². The Morgan fingerprint density at radius 3 is 2.38 bits per heavy atom. The molecule has 1 saturated heterocycles. The first-order valence-electron chi connectivity index (χ1n) is 3.81. The molecule has 74 valence electrons. The van der Waals surface area contributed by atoms with Gasteiger partial charge in [0.1, 0.15) is 18.3 Å². The van der Waals surface area contributed by atoms with E-state index < -0.39 is 30.6 Å². The Bertz CT molecular complexity index is 230. The van der Waals surface area contributed by atoms with Crippen LogP contribution in [0.4, 0.5) is 0 Å². The lowest BCUT2D eigenvalue weighted by Crippen LogP contribution is -2.55. The molecule has 7 heteroatoms. The van der Waals surface area contributed by atoms with Crippen molar-refractivity contribution in [3.8, 4) is 0 Å². The number of hydrogen-bond acceptors (Lipinski definition) is 5. The molecule has 0 aliphatic carbocycles. The third-order valence-corrected chi connectivity index (χ3v) is 1.99. The van der Waals surface area contributed by atoms with Crippen molar-refractivity contribution < 1.29 is 20.1 Å². The van der Waals surface area contributed by atoms with Crippen molar-refractivity contribution in [2.45, 2.75) is 37.6 Å². The topological polar surface area (TPSA) is 119 Å². The van der Waals surface area contributed by atoms with Crippen molar-refractivity contribution in [2.75, 3.05) is 0 Å². The molecule has 3 N–H and O–H groups in total. The fraction of sp³-hybridized carbons (Fsp3) is 1.00. The minimum Gasteiger partial charge on any atom is -0.388 e. The number of azide groups is 1. The van der Waals surface area contributed by atoms with Gasteiger partial charge in [-0.15, -0.1) is 0 Å². The third-order valence-electron chi connectivity index (χ3n) is 1.99. The Morgan fingerprint density at radius 2 is 1.85 bits per heavy atom. The van der Waals surface area contributed by atoms with E-state index in [1.54, 1.807) is 0 Å². The molecule has 0 spiro atoms. The minimum atomic E-state index is -1.39. The van der Waals surface area contributed by atoms with Crippen LogP contribution in [-0.4, -0.2) is 46.0 Å². The summed E-state index contributed by atoms with van der Waals surface area (Å²) in [5.41, 5.74) is 8.10. The minimum absolute atomic E-state index is 0.672. The fourth-order valence-electron chi connectivity index (χ4n) is 1.18. The average Bonchev–Trinajstić information content (AvgIpc) is 2.11. The molecule has 1 aliphatic heterocycles. The van der Waals surface area contributed by atoms with E-state index in [1.807, 2.05) is 0 Å². The Balaban J connectivity index is 2.75. The van der Waals surface area contributed by atoms with Gasteiger partial charge in [0, 0.05) is 4.91 Å². The molecule has 0 saturated carbocycles. The van der Waals surface area contributed by atoms with Crippen LogP contribution < -0.4 is 0 Å². The Labute approximate surface area is 74.2 Å². The molecule has 1 aliphatic rings. The zero-order valence-electron chi connectivity index (χ0n) is 6.98. The van der Waals surface area contributed by atoms with Gasteiger partial charge < -0.3 is 20.1 Å². The Kier molecular flexibility index (Phi) is 3.07. The van der Waals surface area contributed by atoms with Gasteiger partial charge in [-0.05, 0) is 12.5 Å². The van der Waals surface area contributed by atoms with Crippen molar-refractivity contribution >= 4 is 0 Å². The van der Waals surface area contributed by atoms with Gasteiger partial charge in [0.25, 0.3) is 0 Å². The highest BCUT2D eigenvalue weighted by molar-refractivity contribution is 4.89. The molecule has 1 rings (SSSR count). The summed E-state index contributed by atoms with van der Waals surface area (Å²) in [4.78, 5) is 2.45. The highest BCUT2D eigenvalue weighted by Crippen LogP contribution is 2.21. The molecule has 0 aromatic rings. The summed E-state index contributed by atoms with van der Waals surface area (Å²) in [6.07, 6.45) is -5.71. The number of ether oxygens (including phenoxy) is 1. The lowest BCUT2D eigenvalue weighted by molar-refractivity contribution is -0.214. The Morgan fingerprint density at radius 1 is 1.23 bits per heavy atom. The van der Waals surface area contributed by atoms with E-state index >= 15 is 0 Å². The van der Waals surface area contributed by atoms with Crippen LogP contribution in [0, 0.1) is 0 Å². The third kappa shape index (κ3) is 1.90. The quantitative estimate of drug-likeness (QED) is 0.282. The summed E-state index contributed by atoms with van der Waals surface area (Å²) in [6, 6.07) is 0. The molecule has 7 nitrogen and oxygen atoms in total. The number of rotatable bonds is 1. The lowest BCUT2D eigenvalue weighted by Gasteiger charge is -2.37. The van der Waals surface area contributed by atoms with Gasteiger partial charge in [-0.2, -0.15) is 0 Å². The van der Waals surface area contributed by atoms with Crippen LogP contribution in [0.2, 0.25) is 0 Å². The molecule has 5 atom stereocenters. The summed E-state index contributed by atoms with van der Waals surface area (Å²) in [5, 5.41) is 30.9. The first kappa shape index (κ1) is 10.2. The van der Waals surface area contributed by atoms with Gasteiger partial charge >= 0.3 is 0 Å². The highest BCUT2D eigenvalue weighted by Gasteiger charge is 2.41. The van der Waals surface area contributed by atoms with Crippen LogP contribution in [0.1, 0.15) is 6.92 Å². The van der Waals surface area contributed by atoms with Gasteiger partial charge in [0.2, 0.25) is 0 Å². The van der Waals surface area contributed by atoms with Gasteiger partial charge in [-0.1, -0.05) is 5.11 Å². The van der Waals surface area contributed by atoms with E-state index in [2.05, 4.69) is 10.0 Å². The van der Waals surface area contributed by atoms with Crippen molar-refractivity contribution in [1.82, 2.24) is 0 Å². The van der Waals surface area contributed by atoms with Crippen LogP contribution >= 0.6 is 0 Å². The fourth-order valence-corrected chi connectivity index (χ4v) is 1.18. The second kappa shape index (κ2) is 3.91. The summed E-state index contributed by atoms with van der Waals surface area (Å²) >= 11 is 0.